The average molecular weight is 1420 g/mol. The Bertz CT molecular complexity index is 5430. The van der Waals surface area contributed by atoms with Gasteiger partial charge in [-0.15, -0.1) is 15.3 Å². The zero-order valence-electron chi connectivity index (χ0n) is 42.8. The molecule has 2 radical (unpaired) electrons. The first-order valence-electron chi connectivity index (χ1n) is 21.8. The quantitative estimate of drug-likeness (QED) is 0.0350. The minimum atomic E-state index is -5.61. The fraction of sp³-hybridized carbons (Fsp3) is 0.0488. The normalized spacial score (nSPS) is 13.7. The van der Waals surface area contributed by atoms with Gasteiger partial charge in [-0.2, -0.15) is 69.0 Å². The topological polar surface area (TPSA) is 583 Å². The Morgan fingerprint density at radius 2 is 1.05 bits per heavy atom. The van der Waals surface area contributed by atoms with Crippen LogP contribution in [0.4, 0.5) is 34.1 Å². The molecule has 35 nitrogen and oxygen atoms in total. The van der Waals surface area contributed by atoms with E-state index in [1.807, 2.05) is 0 Å². The second-order valence-electron chi connectivity index (χ2n) is 16.8. The maximum atomic E-state index is 12.9. The smallest absolute Gasteiger partial charge is 0.397 e. The van der Waals surface area contributed by atoms with Crippen LogP contribution in [0.5, 0.6) is 11.5 Å². The predicted molar refractivity (Wildman–Crippen MR) is 298 cm³/mol. The summed E-state index contributed by atoms with van der Waals surface area (Å²) in [5, 5.41) is 33.3. The molecule has 0 saturated carbocycles. The number of phenolic OH excluding ortho intramolecular Hbond substituents is 2. The predicted octanol–water partition coefficient (Wildman–Crippen LogP) is 3.87. The van der Waals surface area contributed by atoms with Crippen molar-refractivity contribution in [2.45, 2.75) is 34.3 Å². The molecule has 0 atom stereocenters. The van der Waals surface area contributed by atoms with Gasteiger partial charge in [0.25, 0.3) is 60.7 Å². The van der Waals surface area contributed by atoms with Gasteiger partial charge >= 0.3 is 10.4 Å². The van der Waals surface area contributed by atoms with E-state index in [0.29, 0.717) is 30.3 Å². The molecule has 87 heavy (non-hydrogen) atoms. The molecule has 0 saturated heterocycles. The number of aromatic amines is 2. The molecule has 0 aliphatic carbocycles. The van der Waals surface area contributed by atoms with Crippen LogP contribution in [0, 0.1) is 0 Å². The Kier molecular flexibility index (Phi) is 21.0. The van der Waals surface area contributed by atoms with E-state index in [1.54, 1.807) is 0 Å². The molecule has 0 bridgehead atoms. The number of nitrogens with zero attached hydrogens (tertiary/aromatic N) is 7. The van der Waals surface area contributed by atoms with Crippen molar-refractivity contribution in [2.24, 2.45) is 30.4 Å². The van der Waals surface area contributed by atoms with E-state index in [2.05, 4.69) is 49.6 Å². The van der Waals surface area contributed by atoms with E-state index in [-0.39, 0.29) is 86.6 Å². The van der Waals surface area contributed by atoms with Gasteiger partial charge in [-0.1, -0.05) is 18.2 Å². The number of rotatable bonds is 17. The Balaban J connectivity index is 0.00000605. The molecule has 0 aliphatic rings. The number of aromatic nitrogens is 3. The maximum absolute atomic E-state index is 12.9. The van der Waals surface area contributed by atoms with Crippen molar-refractivity contribution in [1.82, 2.24) is 15.0 Å². The summed E-state index contributed by atoms with van der Waals surface area (Å²) in [6.45, 7) is -0.990. The summed E-state index contributed by atoms with van der Waals surface area (Å²) in [5.74, 6) is -3.67. The third-order valence-electron chi connectivity index (χ3n) is 11.3. The third kappa shape index (κ3) is 16.1. The molecule has 11 N–H and O–H groups in total. The second kappa shape index (κ2) is 25.7. The molecule has 0 spiro atoms. The zero-order chi connectivity index (χ0) is 62.9. The number of nitrogens with one attached hydrogen (secondary N) is 2. The van der Waals surface area contributed by atoms with Crippen molar-refractivity contribution in [1.29, 1.82) is 0 Å². The summed E-state index contributed by atoms with van der Waals surface area (Å²) < 4.78 is 272. The van der Waals surface area contributed by atoms with E-state index >= 15 is 0 Å². The van der Waals surface area contributed by atoms with E-state index in [0.717, 1.165) is 60.7 Å². The summed E-state index contributed by atoms with van der Waals surface area (Å²) in [5.41, 5.74) is -6.49. The van der Waals surface area contributed by atoms with Crippen LogP contribution in [0.1, 0.15) is 0 Å². The first-order chi connectivity index (χ1) is 39.0. The molecular weight excluding hydrogens is 1390 g/mol. The van der Waals surface area contributed by atoms with Gasteiger partial charge in [0.1, 0.15) is 41.5 Å². The largest absolute Gasteiger partial charge is 0.505 e. The Morgan fingerprint density at radius 1 is 0.494 bits per heavy atom. The van der Waals surface area contributed by atoms with E-state index in [4.69, 9.17) is 16.2 Å². The number of azo groups is 2. The number of halogens is 1. The number of fused-ring (bicyclic) bond motifs is 3. The van der Waals surface area contributed by atoms with Crippen molar-refractivity contribution >= 4 is 240 Å². The minimum Gasteiger partial charge on any atom is -0.505 e. The SMILES string of the molecule is O=S(=O)(O)OCCS(=O)(=O)c1ccc(N=Nc2c(S(=O)(=O)O)cc3c(S(=O)(=O)O)ccc(N=c4nc(Cl)[nH]c(=Nc5cc(S(=O)(=O)O)cc6cc(S(=O)(=O)O)c(N=Nc7ccc8c(S(=O)(=O)O)cccc8c7S(=O)(=O)O)c(O)c56)[nH]4)c3c2O)cc1.[K].[Na]. The molecule has 1 heterocycles. The van der Waals surface area contributed by atoms with Crippen LogP contribution in [0.3, 0.4) is 0 Å². The number of benzene rings is 7. The van der Waals surface area contributed by atoms with Gasteiger partial charge in [-0.3, -0.25) is 36.9 Å². The monoisotopic (exact) mass is 1420 g/mol. The average Bonchev–Trinajstić information content (AvgIpc) is 0.873. The maximum Gasteiger partial charge on any atom is 0.397 e. The second-order valence-corrected chi connectivity index (χ2v) is 28.7. The first kappa shape index (κ1) is 71.0. The van der Waals surface area contributed by atoms with Gasteiger partial charge in [0.2, 0.25) is 16.5 Å². The summed E-state index contributed by atoms with van der Waals surface area (Å²) in [6.07, 6.45) is 0. The van der Waals surface area contributed by atoms with E-state index in [9.17, 15) is 105 Å². The molecule has 0 unspecified atom stereocenters. The van der Waals surface area contributed by atoms with Gasteiger partial charge in [-0.05, 0) is 89.8 Å². The molecule has 0 fully saturated rings. The number of phenols is 2. The summed E-state index contributed by atoms with van der Waals surface area (Å²) in [6, 6.07) is 11.6. The van der Waals surface area contributed by atoms with E-state index < -0.39 is 216 Å². The van der Waals surface area contributed by atoms with Crippen LogP contribution in [0.2, 0.25) is 5.28 Å². The van der Waals surface area contributed by atoms with Crippen LogP contribution in [0.15, 0.2) is 156 Å². The number of aromatic hydroxyl groups is 2. The molecule has 8 aromatic rings. The van der Waals surface area contributed by atoms with Gasteiger partial charge in [0.15, 0.2) is 21.3 Å². The molecule has 46 heteroatoms. The fourth-order valence-corrected chi connectivity index (χ4v) is 13.6. The van der Waals surface area contributed by atoms with Crippen molar-refractivity contribution in [2.75, 3.05) is 12.4 Å². The van der Waals surface area contributed by atoms with Crippen LogP contribution in [-0.2, 0) is 85.1 Å². The molecule has 8 rings (SSSR count). The van der Waals surface area contributed by atoms with Crippen LogP contribution < -0.4 is 11.2 Å². The first-order valence-corrected chi connectivity index (χ1v) is 33.9. The molecule has 1 aromatic heterocycles. The van der Waals surface area contributed by atoms with Crippen molar-refractivity contribution < 1.29 is 114 Å². The van der Waals surface area contributed by atoms with E-state index in [1.165, 1.54) is 0 Å². The number of H-pyrrole nitrogens is 2. The molecular formula is C41H30ClKN9NaO26S8. The Hall–Kier alpha value is -5.06. The number of sulfone groups is 1. The standard InChI is InChI=1S/C41H30ClN9O26S8.K.Na/c42-39-45-40(43-25-10-11-29(81(62,63)64)24-17-31(83(68,69)70)35(37(53)33(24)25)50-48-19-4-6-20(7-5-19)78(54,55)13-12-77-85(74,75)76)47-41(46-39)44-27-16-21(79(56,57)58)14-18-15-30(82(65,66)67)34(36(52)32(18)27)51-49-26-9-8-22-23(38(26)84(71,72)73)2-1-3-28(22)80(59,60)61;;/h1-11,14-17,52-53H,12-13H2,(H,56,57,58)(H,59,60,61)(H,62,63,64)(H,65,66,67)(H,68,69,70)(H,71,72,73)(H,74,75,76)(H2,43,44,45,46,47);;. The number of hydrogen-bond donors (Lipinski definition) is 11. The van der Waals surface area contributed by atoms with Crippen LogP contribution >= 0.6 is 11.6 Å². The Labute approximate surface area is 557 Å². The van der Waals surface area contributed by atoms with Gasteiger partial charge in [0, 0.05) is 97.1 Å². The van der Waals surface area contributed by atoms with Gasteiger partial charge < -0.3 is 15.2 Å². The molecule has 0 amide bonds. The van der Waals surface area contributed by atoms with Gasteiger partial charge in [-0.25, -0.2) is 22.6 Å². The molecule has 0 aliphatic heterocycles. The molecule has 7 aromatic carbocycles. The van der Waals surface area contributed by atoms with Crippen LogP contribution in [-0.4, -0.2) is 218 Å². The zero-order valence-corrected chi connectivity index (χ0v) is 55.2. The fourth-order valence-electron chi connectivity index (χ4n) is 7.89. The molecule has 452 valence electrons. The summed E-state index contributed by atoms with van der Waals surface area (Å²) in [4.78, 5) is 9.57. The van der Waals surface area contributed by atoms with Crippen molar-refractivity contribution in [3.8, 4) is 11.5 Å². The van der Waals surface area contributed by atoms with Crippen molar-refractivity contribution in [3.05, 3.63) is 108 Å². The summed E-state index contributed by atoms with van der Waals surface area (Å²) >= 11 is 6.28. The minimum absolute atomic E-state index is 0. The Morgan fingerprint density at radius 3 is 1.61 bits per heavy atom. The van der Waals surface area contributed by atoms with Gasteiger partial charge in [0.05, 0.1) is 50.0 Å². The third-order valence-corrected chi connectivity index (χ3v) is 19.0. The number of hydrogen-bond acceptors (Lipinski definition) is 26. The van der Waals surface area contributed by atoms with Crippen molar-refractivity contribution in [3.63, 3.8) is 0 Å². The summed E-state index contributed by atoms with van der Waals surface area (Å²) in [7, 11) is -41.6. The van der Waals surface area contributed by atoms with Crippen LogP contribution in [0.25, 0.3) is 32.3 Å².